The lowest BCUT2D eigenvalue weighted by Gasteiger charge is -2.52. The third-order valence-electron chi connectivity index (χ3n) is 14.4. The van der Waals surface area contributed by atoms with E-state index in [2.05, 4.69) is 62.9 Å². The number of phenols is 2. The summed E-state index contributed by atoms with van der Waals surface area (Å²) in [6.45, 7) is 10.5. The number of allylic oxidation sites excluding steroid dienone is 2. The fourth-order valence-corrected chi connectivity index (χ4v) is 10.8. The molecule has 0 heterocycles. The Labute approximate surface area is 381 Å². The summed E-state index contributed by atoms with van der Waals surface area (Å²) in [6.07, 6.45) is 11.1. The first-order chi connectivity index (χ1) is 30.7. The molecule has 2 saturated carbocycles. The second kappa shape index (κ2) is 22.7. The summed E-state index contributed by atoms with van der Waals surface area (Å²) in [4.78, 5) is 0. The Morgan fingerprint density at radius 2 is 1.08 bits per heavy atom. The largest absolute Gasteiger partial charge is 0.508 e. The number of aliphatic hydroxyl groups excluding tert-OH is 1. The van der Waals surface area contributed by atoms with Crippen LogP contribution in [-0.2, 0) is 77.0 Å². The quantitative estimate of drug-likeness (QED) is 0.0565. The zero-order valence-corrected chi connectivity index (χ0v) is 39.7. The molecular formula is C53H72O11. The zero-order valence-electron chi connectivity index (χ0n) is 39.7. The number of aromatic hydroxyl groups is 3. The van der Waals surface area contributed by atoms with E-state index in [9.17, 15) is 20.4 Å². The van der Waals surface area contributed by atoms with Gasteiger partial charge < -0.3 is 53.6 Å². The lowest BCUT2D eigenvalue weighted by Crippen LogP contribution is -2.43. The first-order valence-corrected chi connectivity index (χ1v) is 22.3. The lowest BCUT2D eigenvalue weighted by atomic mass is 9.52. The van der Waals surface area contributed by atoms with E-state index in [-0.39, 0.29) is 68.1 Å². The maximum Gasteiger partial charge on any atom is 0.173 e. The molecule has 3 aromatic carbocycles. The first-order valence-electron chi connectivity index (χ1n) is 22.3. The Morgan fingerprint density at radius 3 is 1.48 bits per heavy atom. The van der Waals surface area contributed by atoms with Crippen LogP contribution in [0.1, 0.15) is 110 Å². The molecule has 11 heteroatoms. The highest BCUT2D eigenvalue weighted by molar-refractivity contribution is 5.54. The molecule has 0 unspecified atom stereocenters. The van der Waals surface area contributed by atoms with Crippen molar-refractivity contribution in [1.29, 1.82) is 0 Å². The van der Waals surface area contributed by atoms with Gasteiger partial charge in [0.15, 0.2) is 5.75 Å². The van der Waals surface area contributed by atoms with Crippen molar-refractivity contribution in [1.82, 2.24) is 0 Å². The Kier molecular flexibility index (Phi) is 17.9. The van der Waals surface area contributed by atoms with Crippen LogP contribution in [0, 0.1) is 29.4 Å². The first kappa shape index (κ1) is 50.6. The van der Waals surface area contributed by atoms with Gasteiger partial charge in [-0.05, 0) is 128 Å². The number of rotatable bonds is 22. The number of phenolic OH excluding ortho intramolecular Hbond substituents is 2. The van der Waals surface area contributed by atoms with Gasteiger partial charge in [0.2, 0.25) is 0 Å². The number of ether oxygens (including phenoxy) is 7. The Hall–Kier alpha value is -4.38. The Morgan fingerprint density at radius 1 is 0.641 bits per heavy atom. The zero-order chi connectivity index (χ0) is 46.7. The van der Waals surface area contributed by atoms with Gasteiger partial charge in [-0.2, -0.15) is 0 Å². The standard InChI is InChI=1S/C53H72O11/c1-35(54)36(29-59-5)23-45(17-22-58-4)52(44-11-12-48(55)37(24-44)30-60-6)18-13-42(14-19-52)51(2,3)43-15-20-53(21-16-43,46-25-38(31-61-7)49(56)39(26-46)32-62-8)47-27-40(33-63-9)50(57)41(28-47)34-64-10/h17,23-28,42-43,54-57H,1,13-16,18-22,29-34H2,2-10H3/b36-23-,45-17+. The van der Waals surface area contributed by atoms with Gasteiger partial charge in [0.05, 0.1) is 46.2 Å². The van der Waals surface area contributed by atoms with Crippen LogP contribution >= 0.6 is 0 Å². The smallest absolute Gasteiger partial charge is 0.173 e. The van der Waals surface area contributed by atoms with Crippen molar-refractivity contribution in [3.8, 4) is 17.2 Å². The van der Waals surface area contributed by atoms with Crippen LogP contribution in [0.25, 0.3) is 0 Å². The summed E-state index contributed by atoms with van der Waals surface area (Å²) in [5.74, 6) is 1.11. The molecule has 64 heavy (non-hydrogen) atoms. The van der Waals surface area contributed by atoms with E-state index in [1.165, 1.54) is 0 Å². The minimum Gasteiger partial charge on any atom is -0.508 e. The minimum absolute atomic E-state index is 0.0139. The van der Waals surface area contributed by atoms with Crippen LogP contribution in [0.2, 0.25) is 0 Å². The fourth-order valence-electron chi connectivity index (χ4n) is 10.8. The summed E-state index contributed by atoms with van der Waals surface area (Å²) < 4.78 is 38.9. The molecular weight excluding hydrogens is 813 g/mol. The molecule has 2 aliphatic rings. The van der Waals surface area contributed by atoms with Crippen LogP contribution < -0.4 is 0 Å². The van der Waals surface area contributed by atoms with Crippen LogP contribution in [-0.4, -0.2) is 83.4 Å². The molecule has 0 aliphatic heterocycles. The molecule has 2 aliphatic carbocycles. The maximum absolute atomic E-state index is 11.3. The van der Waals surface area contributed by atoms with Crippen molar-refractivity contribution < 1.29 is 53.6 Å². The summed E-state index contributed by atoms with van der Waals surface area (Å²) in [6, 6.07) is 16.7. The van der Waals surface area contributed by atoms with Crippen molar-refractivity contribution in [2.24, 2.45) is 17.3 Å². The highest BCUT2D eigenvalue weighted by atomic mass is 16.5. The predicted octanol–water partition coefficient (Wildman–Crippen LogP) is 9.98. The molecule has 5 rings (SSSR count). The number of hydrogen-bond acceptors (Lipinski definition) is 11. The van der Waals surface area contributed by atoms with Crippen molar-refractivity contribution in [2.75, 3.05) is 63.0 Å². The van der Waals surface area contributed by atoms with Gasteiger partial charge in [-0.3, -0.25) is 0 Å². The van der Waals surface area contributed by atoms with Gasteiger partial charge in [-0.25, -0.2) is 0 Å². The average Bonchev–Trinajstić information content (AvgIpc) is 3.28. The molecule has 0 saturated heterocycles. The number of methoxy groups -OCH3 is 7. The van der Waals surface area contributed by atoms with Crippen LogP contribution in [0.5, 0.6) is 17.2 Å². The van der Waals surface area contributed by atoms with Crippen molar-refractivity contribution in [3.05, 3.63) is 123 Å². The highest BCUT2D eigenvalue weighted by Gasteiger charge is 2.49. The fraction of sp³-hybridized carbons (Fsp3) is 0.547. The van der Waals surface area contributed by atoms with E-state index in [0.29, 0.717) is 51.8 Å². The summed E-state index contributed by atoms with van der Waals surface area (Å²) in [7, 11) is 11.4. The summed E-state index contributed by atoms with van der Waals surface area (Å²) in [5, 5.41) is 44.1. The van der Waals surface area contributed by atoms with Gasteiger partial charge in [-0.1, -0.05) is 32.6 Å². The van der Waals surface area contributed by atoms with Crippen molar-refractivity contribution in [2.45, 2.75) is 109 Å². The van der Waals surface area contributed by atoms with E-state index in [1.54, 1.807) is 49.8 Å². The molecule has 0 atom stereocenters. The van der Waals surface area contributed by atoms with Crippen LogP contribution in [0.3, 0.4) is 0 Å². The molecule has 11 nitrogen and oxygen atoms in total. The van der Waals surface area contributed by atoms with Gasteiger partial charge in [0, 0.05) is 99.6 Å². The molecule has 0 amide bonds. The Bertz CT molecular complexity index is 1960. The molecule has 4 N–H and O–H groups in total. The van der Waals surface area contributed by atoms with Crippen LogP contribution in [0.4, 0.5) is 0 Å². The molecule has 0 aromatic heterocycles. The predicted molar refractivity (Wildman–Crippen MR) is 247 cm³/mol. The molecule has 0 spiro atoms. The molecule has 0 bridgehead atoms. The molecule has 0 radical (unpaired) electrons. The monoisotopic (exact) mass is 885 g/mol. The van der Waals surface area contributed by atoms with E-state index >= 15 is 0 Å². The van der Waals surface area contributed by atoms with Gasteiger partial charge in [0.25, 0.3) is 0 Å². The second-order valence-corrected chi connectivity index (χ2v) is 18.3. The van der Waals surface area contributed by atoms with Gasteiger partial charge in [-0.15, -0.1) is 0 Å². The van der Waals surface area contributed by atoms with Crippen LogP contribution in [0.15, 0.2) is 66.0 Å². The van der Waals surface area contributed by atoms with E-state index < -0.39 is 10.8 Å². The number of benzene rings is 2. The topological polar surface area (TPSA) is 146 Å². The summed E-state index contributed by atoms with van der Waals surface area (Å²) >= 11 is 0. The van der Waals surface area contributed by atoms with Crippen molar-refractivity contribution in [3.63, 3.8) is 0 Å². The molecule has 350 valence electrons. The SMILES string of the molecule is C=C(O)/C(=C\C(=C/COC)C1(c2c#cc(O)c(COC)c2)CCC(C(C)(C)C2CCC(c3cc(COC)c(O)c(COC)c3)(c3cc(COC)c(O)c(COC)c3)CC2)CC1)COC. The van der Waals surface area contributed by atoms with Gasteiger partial charge in [0.1, 0.15) is 17.3 Å². The normalized spacial score (nSPS) is 19.7. The lowest BCUT2D eigenvalue weighted by molar-refractivity contribution is 0.0362. The Balaban J connectivity index is 1.55. The number of aliphatic hydroxyl groups is 1. The average molecular weight is 885 g/mol. The third-order valence-corrected chi connectivity index (χ3v) is 14.4. The van der Waals surface area contributed by atoms with E-state index in [1.807, 2.05) is 12.1 Å². The molecule has 2 fully saturated rings. The van der Waals surface area contributed by atoms with Crippen molar-refractivity contribution >= 4 is 0 Å². The highest BCUT2D eigenvalue weighted by Crippen LogP contribution is 2.58. The van der Waals surface area contributed by atoms with E-state index in [4.69, 9.17) is 33.2 Å². The maximum atomic E-state index is 11.3. The summed E-state index contributed by atoms with van der Waals surface area (Å²) in [5.41, 5.74) is 7.04. The minimum atomic E-state index is -0.536. The molecule has 3 aromatic rings. The second-order valence-electron chi connectivity index (χ2n) is 18.3. The number of hydrogen-bond donors (Lipinski definition) is 4. The van der Waals surface area contributed by atoms with Gasteiger partial charge >= 0.3 is 0 Å². The van der Waals surface area contributed by atoms with E-state index in [0.717, 1.165) is 73.6 Å². The third kappa shape index (κ3) is 10.8.